The highest BCUT2D eigenvalue weighted by molar-refractivity contribution is 5.58. The van der Waals surface area contributed by atoms with Crippen LogP contribution >= 0.6 is 0 Å². The summed E-state index contributed by atoms with van der Waals surface area (Å²) < 4.78 is 5.37. The van der Waals surface area contributed by atoms with Gasteiger partial charge in [-0.25, -0.2) is 0 Å². The molecule has 1 N–H and O–H groups in total. The summed E-state index contributed by atoms with van der Waals surface area (Å²) in [5, 5.41) is 7.45. The van der Waals surface area contributed by atoms with Crippen molar-refractivity contribution in [2.24, 2.45) is 0 Å². The van der Waals surface area contributed by atoms with Gasteiger partial charge in [-0.1, -0.05) is 54.5 Å². The Balaban J connectivity index is 1.64. The molecule has 0 amide bonds. The highest BCUT2D eigenvalue weighted by Crippen LogP contribution is 2.19. The fourth-order valence-electron chi connectivity index (χ4n) is 2.19. The maximum absolute atomic E-state index is 5.37. The number of aryl methyl sites for hydroxylation is 1. The lowest BCUT2D eigenvalue weighted by Crippen LogP contribution is -1.97. The molecule has 0 fully saturated rings. The molecule has 0 bridgehead atoms. The van der Waals surface area contributed by atoms with Crippen LogP contribution in [0.4, 0.5) is 5.69 Å². The van der Waals surface area contributed by atoms with Gasteiger partial charge in [0, 0.05) is 17.3 Å². The zero-order valence-electron chi connectivity index (χ0n) is 12.0. The van der Waals surface area contributed by atoms with E-state index < -0.39 is 0 Å². The van der Waals surface area contributed by atoms with Crippen LogP contribution in [0.2, 0.25) is 0 Å². The molecule has 1 heterocycles. The summed E-state index contributed by atoms with van der Waals surface area (Å²) in [5.41, 5.74) is 4.37. The van der Waals surface area contributed by atoms with E-state index in [1.807, 2.05) is 36.4 Å². The minimum atomic E-state index is 0.630. The molecule has 2 aromatic carbocycles. The molecule has 0 aliphatic rings. The third kappa shape index (κ3) is 3.31. The number of anilines is 1. The summed E-state index contributed by atoms with van der Waals surface area (Å²) in [6, 6.07) is 20.5. The molecule has 0 aliphatic heterocycles. The molecule has 3 rings (SSSR count). The quantitative estimate of drug-likeness (QED) is 0.746. The Labute approximate surface area is 124 Å². The van der Waals surface area contributed by atoms with E-state index in [4.69, 9.17) is 4.52 Å². The van der Waals surface area contributed by atoms with E-state index in [1.165, 1.54) is 5.56 Å². The molecule has 3 heteroatoms. The number of hydrogen-bond donors (Lipinski definition) is 1. The fraction of sp³-hybridized carbons (Fsp3) is 0.167. The molecule has 0 atom stereocenters. The second kappa shape index (κ2) is 6.27. The lowest BCUT2D eigenvalue weighted by Gasteiger charge is -2.04. The van der Waals surface area contributed by atoms with Crippen molar-refractivity contribution in [1.29, 1.82) is 0 Å². The van der Waals surface area contributed by atoms with Crippen LogP contribution < -0.4 is 5.32 Å². The van der Waals surface area contributed by atoms with E-state index >= 15 is 0 Å². The predicted octanol–water partition coefficient (Wildman–Crippen LogP) is 4.52. The molecule has 0 unspecified atom stereocenters. The van der Waals surface area contributed by atoms with Gasteiger partial charge in [0.25, 0.3) is 0 Å². The summed E-state index contributed by atoms with van der Waals surface area (Å²) in [5.74, 6) is 0.827. The molecule has 3 nitrogen and oxygen atoms in total. The smallest absolute Gasteiger partial charge is 0.156 e. The Morgan fingerprint density at radius 2 is 1.76 bits per heavy atom. The van der Waals surface area contributed by atoms with E-state index in [1.54, 1.807) is 0 Å². The van der Waals surface area contributed by atoms with Gasteiger partial charge >= 0.3 is 0 Å². The minimum absolute atomic E-state index is 0.630. The summed E-state index contributed by atoms with van der Waals surface area (Å²) in [4.78, 5) is 0. The average Bonchev–Trinajstić information content (AvgIpc) is 3.03. The third-order valence-corrected chi connectivity index (χ3v) is 3.46. The lowest BCUT2D eigenvalue weighted by atomic mass is 10.1. The van der Waals surface area contributed by atoms with Crippen LogP contribution in [0.25, 0.3) is 11.3 Å². The third-order valence-electron chi connectivity index (χ3n) is 3.46. The maximum atomic E-state index is 5.37. The second-order valence-electron chi connectivity index (χ2n) is 4.95. The first-order valence-corrected chi connectivity index (χ1v) is 7.19. The minimum Gasteiger partial charge on any atom is -0.378 e. The van der Waals surface area contributed by atoms with Gasteiger partial charge in [-0.15, -0.1) is 0 Å². The van der Waals surface area contributed by atoms with Crippen LogP contribution in [0.1, 0.15) is 18.2 Å². The largest absolute Gasteiger partial charge is 0.378 e. The summed E-state index contributed by atoms with van der Waals surface area (Å²) in [6.45, 7) is 2.79. The summed E-state index contributed by atoms with van der Waals surface area (Å²) in [6.07, 6.45) is 1.06. The van der Waals surface area contributed by atoms with Crippen molar-refractivity contribution in [3.63, 3.8) is 0 Å². The molecule has 0 aliphatic carbocycles. The van der Waals surface area contributed by atoms with Crippen molar-refractivity contribution in [2.75, 3.05) is 5.32 Å². The molecule has 3 aromatic rings. The van der Waals surface area contributed by atoms with Crippen molar-refractivity contribution in [1.82, 2.24) is 5.16 Å². The van der Waals surface area contributed by atoms with Gasteiger partial charge in [0.15, 0.2) is 5.76 Å². The Bertz CT molecular complexity index is 687. The molecule has 0 spiro atoms. The molecule has 106 valence electrons. The van der Waals surface area contributed by atoms with Gasteiger partial charge in [-0.3, -0.25) is 0 Å². The first-order valence-electron chi connectivity index (χ1n) is 7.19. The van der Waals surface area contributed by atoms with E-state index in [2.05, 4.69) is 41.7 Å². The monoisotopic (exact) mass is 278 g/mol. The Morgan fingerprint density at radius 1 is 1.00 bits per heavy atom. The van der Waals surface area contributed by atoms with Gasteiger partial charge in [-0.2, -0.15) is 0 Å². The Kier molecular flexibility index (Phi) is 4.01. The van der Waals surface area contributed by atoms with Crippen molar-refractivity contribution in [3.8, 4) is 11.3 Å². The van der Waals surface area contributed by atoms with Crippen LogP contribution in [0.3, 0.4) is 0 Å². The second-order valence-corrected chi connectivity index (χ2v) is 4.95. The van der Waals surface area contributed by atoms with E-state index in [0.29, 0.717) is 6.54 Å². The van der Waals surface area contributed by atoms with Gasteiger partial charge in [0.2, 0.25) is 0 Å². The molecule has 0 saturated carbocycles. The average molecular weight is 278 g/mol. The van der Waals surface area contributed by atoms with Crippen molar-refractivity contribution >= 4 is 5.69 Å². The first kappa shape index (κ1) is 13.4. The normalized spacial score (nSPS) is 10.5. The molecule has 1 aromatic heterocycles. The van der Waals surface area contributed by atoms with Crippen molar-refractivity contribution < 1.29 is 4.52 Å². The van der Waals surface area contributed by atoms with Gasteiger partial charge in [0.1, 0.15) is 5.69 Å². The Morgan fingerprint density at radius 3 is 2.48 bits per heavy atom. The number of rotatable bonds is 5. The van der Waals surface area contributed by atoms with Crippen molar-refractivity contribution in [2.45, 2.75) is 19.9 Å². The number of aromatic nitrogens is 1. The lowest BCUT2D eigenvalue weighted by molar-refractivity contribution is 0.390. The topological polar surface area (TPSA) is 38.1 Å². The van der Waals surface area contributed by atoms with Crippen LogP contribution in [-0.2, 0) is 13.0 Å². The molecule has 0 saturated heterocycles. The zero-order chi connectivity index (χ0) is 14.5. The van der Waals surface area contributed by atoms with Gasteiger partial charge in [-0.05, 0) is 24.1 Å². The molecular formula is C18H18N2O. The van der Waals surface area contributed by atoms with Crippen LogP contribution in [0, 0.1) is 0 Å². The highest BCUT2D eigenvalue weighted by Gasteiger charge is 2.05. The number of nitrogens with one attached hydrogen (secondary N) is 1. The maximum Gasteiger partial charge on any atom is 0.156 e. The van der Waals surface area contributed by atoms with E-state index in [-0.39, 0.29) is 0 Å². The van der Waals surface area contributed by atoms with E-state index in [0.717, 1.165) is 29.1 Å². The first-order chi connectivity index (χ1) is 10.3. The summed E-state index contributed by atoms with van der Waals surface area (Å²) in [7, 11) is 0. The van der Waals surface area contributed by atoms with Crippen LogP contribution in [-0.4, -0.2) is 5.16 Å². The fourth-order valence-corrected chi connectivity index (χ4v) is 2.19. The highest BCUT2D eigenvalue weighted by atomic mass is 16.5. The van der Waals surface area contributed by atoms with Crippen molar-refractivity contribution in [3.05, 3.63) is 72.0 Å². The van der Waals surface area contributed by atoms with Crippen LogP contribution in [0.5, 0.6) is 0 Å². The Hall–Kier alpha value is -2.55. The van der Waals surface area contributed by atoms with Gasteiger partial charge < -0.3 is 9.84 Å². The predicted molar refractivity (Wildman–Crippen MR) is 85.1 cm³/mol. The standard InChI is InChI=1S/C18H18N2O/c1-2-14-8-10-16(11-9-14)19-13-17-12-18(20-21-17)15-6-4-3-5-7-15/h3-12,19H,2,13H2,1H3. The number of benzene rings is 2. The van der Waals surface area contributed by atoms with Gasteiger partial charge in [0.05, 0.1) is 6.54 Å². The number of hydrogen-bond acceptors (Lipinski definition) is 3. The number of nitrogens with zero attached hydrogens (tertiary/aromatic N) is 1. The SMILES string of the molecule is CCc1ccc(NCc2cc(-c3ccccc3)no2)cc1. The van der Waals surface area contributed by atoms with E-state index in [9.17, 15) is 0 Å². The van der Waals surface area contributed by atoms with Crippen LogP contribution in [0.15, 0.2) is 65.2 Å². The zero-order valence-corrected chi connectivity index (χ0v) is 12.0. The molecule has 0 radical (unpaired) electrons. The molecular weight excluding hydrogens is 260 g/mol. The summed E-state index contributed by atoms with van der Waals surface area (Å²) >= 11 is 0. The molecule has 21 heavy (non-hydrogen) atoms.